The van der Waals surface area contributed by atoms with Crippen LogP contribution >= 0.6 is 0 Å². The molecule has 0 N–H and O–H groups in total. The number of nitriles is 1. The van der Waals surface area contributed by atoms with Gasteiger partial charge in [-0.15, -0.1) is 0 Å². The van der Waals surface area contributed by atoms with Crippen molar-refractivity contribution in [3.63, 3.8) is 0 Å². The van der Waals surface area contributed by atoms with Crippen molar-refractivity contribution in [1.82, 2.24) is 0 Å². The van der Waals surface area contributed by atoms with Gasteiger partial charge in [0.05, 0.1) is 25.9 Å². The first kappa shape index (κ1) is 10.3. The molecule has 0 aliphatic heterocycles. The van der Waals surface area contributed by atoms with Gasteiger partial charge in [-0.05, 0) is 35.0 Å². The Morgan fingerprint density at radius 3 is 2.12 bits per heavy atom. The molecule has 0 spiro atoms. The quantitative estimate of drug-likeness (QED) is 0.770. The molecule has 0 bridgehead atoms. The van der Waals surface area contributed by atoms with Crippen LogP contribution in [0.3, 0.4) is 0 Å². The Hall–Kier alpha value is -2.21. The van der Waals surface area contributed by atoms with Crippen molar-refractivity contribution >= 4 is 10.8 Å². The van der Waals surface area contributed by atoms with Gasteiger partial charge in [0.2, 0.25) is 0 Å². The molecule has 0 aliphatic carbocycles. The first-order chi connectivity index (χ1) is 7.78. The molecule has 0 aliphatic rings. The predicted molar refractivity (Wildman–Crippen MR) is 61.8 cm³/mol. The molecular weight excluding hydrogens is 202 g/mol. The average molecular weight is 213 g/mol. The van der Waals surface area contributed by atoms with Gasteiger partial charge in [-0.25, -0.2) is 0 Å². The van der Waals surface area contributed by atoms with Crippen molar-refractivity contribution in [2.24, 2.45) is 0 Å². The van der Waals surface area contributed by atoms with Gasteiger partial charge in [0.1, 0.15) is 0 Å². The summed E-state index contributed by atoms with van der Waals surface area (Å²) in [6.07, 6.45) is 0. The van der Waals surface area contributed by atoms with Crippen molar-refractivity contribution in [3.05, 3.63) is 35.9 Å². The molecule has 2 rings (SSSR count). The van der Waals surface area contributed by atoms with E-state index in [0.717, 1.165) is 10.8 Å². The van der Waals surface area contributed by atoms with Crippen molar-refractivity contribution in [2.45, 2.75) is 0 Å². The summed E-state index contributed by atoms with van der Waals surface area (Å²) in [6, 6.07) is 11.4. The Morgan fingerprint density at radius 2 is 1.56 bits per heavy atom. The van der Waals surface area contributed by atoms with E-state index >= 15 is 0 Å². The monoisotopic (exact) mass is 213 g/mol. The van der Waals surface area contributed by atoms with E-state index in [2.05, 4.69) is 6.07 Å². The van der Waals surface area contributed by atoms with Crippen LogP contribution in [0.1, 0.15) is 5.56 Å². The van der Waals surface area contributed by atoms with E-state index in [1.807, 2.05) is 24.3 Å². The van der Waals surface area contributed by atoms with Gasteiger partial charge in [0.25, 0.3) is 0 Å². The van der Waals surface area contributed by atoms with E-state index in [1.165, 1.54) is 0 Å². The second-order valence-electron chi connectivity index (χ2n) is 3.38. The second kappa shape index (κ2) is 4.11. The van der Waals surface area contributed by atoms with Crippen LogP contribution < -0.4 is 9.47 Å². The van der Waals surface area contributed by atoms with E-state index in [4.69, 9.17) is 14.7 Å². The normalized spacial score (nSPS) is 9.81. The van der Waals surface area contributed by atoms with Gasteiger partial charge >= 0.3 is 0 Å². The molecule has 0 fully saturated rings. The molecule has 0 aromatic heterocycles. The maximum Gasteiger partial charge on any atom is 0.161 e. The van der Waals surface area contributed by atoms with Gasteiger partial charge in [-0.3, -0.25) is 0 Å². The number of hydrogen-bond donors (Lipinski definition) is 0. The van der Waals surface area contributed by atoms with Crippen LogP contribution in [0, 0.1) is 11.3 Å². The molecule has 3 nitrogen and oxygen atoms in total. The zero-order valence-electron chi connectivity index (χ0n) is 9.15. The molecule has 0 saturated carbocycles. The molecule has 16 heavy (non-hydrogen) atoms. The number of hydrogen-bond acceptors (Lipinski definition) is 3. The number of fused-ring (bicyclic) bond motifs is 1. The van der Waals surface area contributed by atoms with Gasteiger partial charge in [-0.1, -0.05) is 6.07 Å². The molecule has 0 heterocycles. The summed E-state index contributed by atoms with van der Waals surface area (Å²) in [5.41, 5.74) is 0.639. The Kier molecular flexibility index (Phi) is 2.65. The third-order valence-corrected chi connectivity index (χ3v) is 2.47. The summed E-state index contributed by atoms with van der Waals surface area (Å²) in [6.45, 7) is 0. The minimum absolute atomic E-state index is 0.639. The molecule has 0 atom stereocenters. The summed E-state index contributed by atoms with van der Waals surface area (Å²) < 4.78 is 10.4. The van der Waals surface area contributed by atoms with Gasteiger partial charge < -0.3 is 9.47 Å². The SMILES string of the molecule is COc1cc2ccc(C#N)cc2cc1OC. The lowest BCUT2D eigenvalue weighted by molar-refractivity contribution is 0.356. The topological polar surface area (TPSA) is 42.2 Å². The van der Waals surface area contributed by atoms with Crippen molar-refractivity contribution in [3.8, 4) is 17.6 Å². The second-order valence-corrected chi connectivity index (χ2v) is 3.38. The highest BCUT2D eigenvalue weighted by molar-refractivity contribution is 5.87. The van der Waals surface area contributed by atoms with Gasteiger partial charge in [0.15, 0.2) is 11.5 Å². The van der Waals surface area contributed by atoms with Crippen molar-refractivity contribution < 1.29 is 9.47 Å². The zero-order chi connectivity index (χ0) is 11.5. The molecule has 2 aromatic carbocycles. The minimum Gasteiger partial charge on any atom is -0.493 e. The number of nitrogens with zero attached hydrogens (tertiary/aromatic N) is 1. The Bertz CT molecular complexity index is 570. The fourth-order valence-corrected chi connectivity index (χ4v) is 1.64. The fraction of sp³-hybridized carbons (Fsp3) is 0.154. The first-order valence-electron chi connectivity index (χ1n) is 4.84. The van der Waals surface area contributed by atoms with E-state index in [-0.39, 0.29) is 0 Å². The zero-order valence-corrected chi connectivity index (χ0v) is 9.15. The smallest absolute Gasteiger partial charge is 0.161 e. The van der Waals surface area contributed by atoms with E-state index in [9.17, 15) is 0 Å². The standard InChI is InChI=1S/C13H11NO2/c1-15-12-6-10-4-3-9(8-14)5-11(10)7-13(12)16-2/h3-7H,1-2H3. The largest absolute Gasteiger partial charge is 0.493 e. The highest BCUT2D eigenvalue weighted by atomic mass is 16.5. The van der Waals surface area contributed by atoms with Crippen LogP contribution in [0.25, 0.3) is 10.8 Å². The van der Waals surface area contributed by atoms with Crippen LogP contribution in [0.5, 0.6) is 11.5 Å². The van der Waals surface area contributed by atoms with Crippen LogP contribution in [0.2, 0.25) is 0 Å². The van der Waals surface area contributed by atoms with Crippen LogP contribution in [0.4, 0.5) is 0 Å². The summed E-state index contributed by atoms with van der Waals surface area (Å²) in [4.78, 5) is 0. The summed E-state index contributed by atoms with van der Waals surface area (Å²) in [5, 5.41) is 10.8. The lowest BCUT2D eigenvalue weighted by atomic mass is 10.1. The van der Waals surface area contributed by atoms with E-state index < -0.39 is 0 Å². The molecule has 2 aromatic rings. The maximum absolute atomic E-state index is 8.82. The van der Waals surface area contributed by atoms with Crippen molar-refractivity contribution in [2.75, 3.05) is 14.2 Å². The molecule has 0 amide bonds. The lowest BCUT2D eigenvalue weighted by Crippen LogP contribution is -1.90. The minimum atomic E-state index is 0.639. The van der Waals surface area contributed by atoms with Crippen LogP contribution in [-0.2, 0) is 0 Å². The first-order valence-corrected chi connectivity index (χ1v) is 4.84. The fourth-order valence-electron chi connectivity index (χ4n) is 1.64. The molecule has 0 unspecified atom stereocenters. The molecule has 0 radical (unpaired) electrons. The average Bonchev–Trinajstić information content (AvgIpc) is 2.36. The van der Waals surface area contributed by atoms with Crippen LogP contribution in [-0.4, -0.2) is 14.2 Å². The van der Waals surface area contributed by atoms with E-state index in [0.29, 0.717) is 17.1 Å². The molecule has 3 heteroatoms. The number of methoxy groups -OCH3 is 2. The highest BCUT2D eigenvalue weighted by Crippen LogP contribution is 2.32. The lowest BCUT2D eigenvalue weighted by Gasteiger charge is -2.09. The van der Waals surface area contributed by atoms with Gasteiger partial charge in [-0.2, -0.15) is 5.26 Å². The molecular formula is C13H11NO2. The van der Waals surface area contributed by atoms with E-state index in [1.54, 1.807) is 20.3 Å². The molecule has 0 saturated heterocycles. The van der Waals surface area contributed by atoms with Gasteiger partial charge in [0, 0.05) is 0 Å². The Labute approximate surface area is 93.8 Å². The number of rotatable bonds is 2. The predicted octanol–water partition coefficient (Wildman–Crippen LogP) is 2.73. The third-order valence-electron chi connectivity index (χ3n) is 2.47. The Morgan fingerprint density at radius 1 is 0.938 bits per heavy atom. The number of benzene rings is 2. The summed E-state index contributed by atoms with van der Waals surface area (Å²) in [7, 11) is 3.20. The third kappa shape index (κ3) is 1.66. The summed E-state index contributed by atoms with van der Waals surface area (Å²) >= 11 is 0. The molecule has 80 valence electrons. The van der Waals surface area contributed by atoms with Crippen molar-refractivity contribution in [1.29, 1.82) is 5.26 Å². The summed E-state index contributed by atoms with van der Waals surface area (Å²) in [5.74, 6) is 1.37. The number of ether oxygens (including phenoxy) is 2. The maximum atomic E-state index is 8.82. The highest BCUT2D eigenvalue weighted by Gasteiger charge is 2.05. The Balaban J connectivity index is 2.69. The van der Waals surface area contributed by atoms with Crippen LogP contribution in [0.15, 0.2) is 30.3 Å².